The summed E-state index contributed by atoms with van der Waals surface area (Å²) < 4.78 is 31.6. The summed E-state index contributed by atoms with van der Waals surface area (Å²) in [6.45, 7) is 3.48. The van der Waals surface area contributed by atoms with E-state index in [9.17, 15) is 18.0 Å². The Hall–Kier alpha value is -2.88. The number of anilines is 2. The van der Waals surface area contributed by atoms with Gasteiger partial charge >= 0.3 is 0 Å². The fourth-order valence-corrected chi connectivity index (χ4v) is 3.32. The number of carbonyl (C=O) groups excluding carboxylic acids is 2. The number of sulfonamides is 1. The van der Waals surface area contributed by atoms with Crippen LogP contribution in [0.15, 0.2) is 34.9 Å². The van der Waals surface area contributed by atoms with E-state index in [0.29, 0.717) is 30.1 Å². The van der Waals surface area contributed by atoms with Gasteiger partial charge in [-0.25, -0.2) is 8.42 Å². The van der Waals surface area contributed by atoms with E-state index in [4.69, 9.17) is 4.52 Å². The molecule has 0 atom stereocenters. The highest BCUT2D eigenvalue weighted by molar-refractivity contribution is 7.92. The molecule has 0 aliphatic rings. The van der Waals surface area contributed by atoms with E-state index in [-0.39, 0.29) is 24.0 Å². The summed E-state index contributed by atoms with van der Waals surface area (Å²) in [6.07, 6.45) is 0.336. The molecule has 2 amide bonds. The molecule has 0 aliphatic carbocycles. The fourth-order valence-electron chi connectivity index (χ4n) is 2.28. The fraction of sp³-hybridized carbons (Fsp3) is 0.353. The van der Waals surface area contributed by atoms with Gasteiger partial charge in [-0.15, -0.1) is 0 Å². The molecule has 0 bridgehead atoms. The number of hydrogen-bond acceptors (Lipinski definition) is 6. The average Bonchev–Trinajstić information content (AvgIpc) is 2.98. The van der Waals surface area contributed by atoms with Gasteiger partial charge in [-0.2, -0.15) is 0 Å². The molecule has 0 saturated carbocycles. The van der Waals surface area contributed by atoms with Crippen molar-refractivity contribution in [2.45, 2.75) is 26.7 Å². The molecule has 0 fully saturated rings. The monoisotopic (exact) mass is 394 g/mol. The van der Waals surface area contributed by atoms with Gasteiger partial charge in [-0.1, -0.05) is 11.2 Å². The maximum Gasteiger partial charge on any atom is 0.233 e. The maximum atomic E-state index is 12.1. The van der Waals surface area contributed by atoms with Crippen molar-refractivity contribution in [3.63, 3.8) is 0 Å². The summed E-state index contributed by atoms with van der Waals surface area (Å²) >= 11 is 0. The van der Waals surface area contributed by atoms with Crippen molar-refractivity contribution < 1.29 is 22.5 Å². The number of aromatic nitrogens is 1. The zero-order chi connectivity index (χ0) is 19.9. The summed E-state index contributed by atoms with van der Waals surface area (Å²) in [6, 6.07) is 8.09. The van der Waals surface area contributed by atoms with Crippen LogP contribution in [0.5, 0.6) is 0 Å². The van der Waals surface area contributed by atoms with Crippen LogP contribution in [0.25, 0.3) is 0 Å². The number of amides is 2. The first-order chi connectivity index (χ1) is 12.7. The molecule has 27 heavy (non-hydrogen) atoms. The van der Waals surface area contributed by atoms with Gasteiger partial charge in [-0.05, 0) is 25.1 Å². The lowest BCUT2D eigenvalue weighted by atomic mass is 10.3. The molecular weight excluding hydrogens is 372 g/mol. The van der Waals surface area contributed by atoms with Gasteiger partial charge in [-0.3, -0.25) is 14.3 Å². The molecular formula is C17H22N4O5S. The predicted octanol–water partition coefficient (Wildman–Crippen LogP) is 1.43. The number of nitrogens with one attached hydrogen (secondary N) is 3. The lowest BCUT2D eigenvalue weighted by molar-refractivity contribution is -0.120. The van der Waals surface area contributed by atoms with Gasteiger partial charge in [0.15, 0.2) is 0 Å². The largest absolute Gasteiger partial charge is 0.361 e. The van der Waals surface area contributed by atoms with Crippen LogP contribution in [-0.2, 0) is 26.0 Å². The van der Waals surface area contributed by atoms with Crippen molar-refractivity contribution in [2.24, 2.45) is 0 Å². The highest BCUT2D eigenvalue weighted by Gasteiger charge is 2.14. The molecule has 1 aromatic heterocycles. The Morgan fingerprint density at radius 3 is 2.59 bits per heavy atom. The molecule has 146 valence electrons. The van der Waals surface area contributed by atoms with Crippen LogP contribution in [0.1, 0.15) is 24.8 Å². The third-order valence-electron chi connectivity index (χ3n) is 3.43. The van der Waals surface area contributed by atoms with Gasteiger partial charge in [0.2, 0.25) is 21.8 Å². The number of aryl methyl sites for hydroxylation is 1. The van der Waals surface area contributed by atoms with Crippen LogP contribution in [0, 0.1) is 6.92 Å². The molecule has 0 radical (unpaired) electrons. The Morgan fingerprint density at radius 2 is 1.93 bits per heavy atom. The Balaban J connectivity index is 1.78. The SMILES string of the molecule is CC(=O)Nc1cccc(NS(=O)(=O)CCC(=O)NCCc2cc(C)on2)c1. The summed E-state index contributed by atoms with van der Waals surface area (Å²) in [5, 5.41) is 9.03. The van der Waals surface area contributed by atoms with Crippen LogP contribution >= 0.6 is 0 Å². The van der Waals surface area contributed by atoms with E-state index >= 15 is 0 Å². The van der Waals surface area contributed by atoms with Gasteiger partial charge in [0.25, 0.3) is 0 Å². The minimum Gasteiger partial charge on any atom is -0.361 e. The minimum atomic E-state index is -3.70. The zero-order valence-electron chi connectivity index (χ0n) is 15.1. The maximum absolute atomic E-state index is 12.1. The Morgan fingerprint density at radius 1 is 1.19 bits per heavy atom. The van der Waals surface area contributed by atoms with Crippen molar-refractivity contribution in [3.8, 4) is 0 Å². The molecule has 0 unspecified atom stereocenters. The van der Waals surface area contributed by atoms with Crippen molar-refractivity contribution in [1.82, 2.24) is 10.5 Å². The van der Waals surface area contributed by atoms with Crippen LogP contribution in [0.4, 0.5) is 11.4 Å². The van der Waals surface area contributed by atoms with Crippen molar-refractivity contribution >= 4 is 33.2 Å². The van der Waals surface area contributed by atoms with Gasteiger partial charge < -0.3 is 15.2 Å². The Labute approximate surface area is 157 Å². The molecule has 0 aliphatic heterocycles. The van der Waals surface area contributed by atoms with Crippen molar-refractivity contribution in [2.75, 3.05) is 22.3 Å². The highest BCUT2D eigenvalue weighted by atomic mass is 32.2. The van der Waals surface area contributed by atoms with E-state index < -0.39 is 10.0 Å². The number of carbonyl (C=O) groups is 2. The van der Waals surface area contributed by atoms with Gasteiger partial charge in [0.05, 0.1) is 17.1 Å². The predicted molar refractivity (Wildman–Crippen MR) is 101 cm³/mol. The number of benzene rings is 1. The van der Waals surface area contributed by atoms with E-state index in [0.717, 1.165) is 5.69 Å². The first-order valence-corrected chi connectivity index (χ1v) is 9.96. The summed E-state index contributed by atoms with van der Waals surface area (Å²) in [5.74, 6) is -0.289. The van der Waals surface area contributed by atoms with E-state index in [1.165, 1.54) is 13.0 Å². The quantitative estimate of drug-likeness (QED) is 0.590. The third kappa shape index (κ3) is 7.48. The molecule has 9 nitrogen and oxygen atoms in total. The zero-order valence-corrected chi connectivity index (χ0v) is 15.9. The number of hydrogen-bond donors (Lipinski definition) is 3. The molecule has 1 heterocycles. The summed E-state index contributed by atoms with van der Waals surface area (Å²) in [7, 11) is -3.70. The first-order valence-electron chi connectivity index (χ1n) is 8.30. The standard InChI is InChI=1S/C17H22N4O5S/c1-12-10-15(20-26-12)6-8-18-17(23)7-9-27(24,25)21-16-5-3-4-14(11-16)19-13(2)22/h3-5,10-11,21H,6-9H2,1-2H3,(H,18,23)(H,19,22). The van der Waals surface area contributed by atoms with E-state index in [1.807, 2.05) is 0 Å². The first kappa shape index (κ1) is 20.4. The van der Waals surface area contributed by atoms with Gasteiger partial charge in [0.1, 0.15) is 5.76 Å². The lowest BCUT2D eigenvalue weighted by Gasteiger charge is -2.10. The second kappa shape index (κ2) is 9.17. The molecule has 3 N–H and O–H groups in total. The van der Waals surface area contributed by atoms with E-state index in [2.05, 4.69) is 20.5 Å². The van der Waals surface area contributed by atoms with Crippen LogP contribution in [0.3, 0.4) is 0 Å². The van der Waals surface area contributed by atoms with E-state index in [1.54, 1.807) is 31.2 Å². The van der Waals surface area contributed by atoms with Crippen LogP contribution < -0.4 is 15.4 Å². The molecule has 1 aromatic carbocycles. The summed E-state index contributed by atoms with van der Waals surface area (Å²) in [5.41, 5.74) is 1.51. The topological polar surface area (TPSA) is 130 Å². The second-order valence-electron chi connectivity index (χ2n) is 5.96. The van der Waals surface area contributed by atoms with Crippen molar-refractivity contribution in [1.29, 1.82) is 0 Å². The van der Waals surface area contributed by atoms with Gasteiger partial charge in [0, 0.05) is 38.1 Å². The Bertz CT molecular complexity index is 908. The lowest BCUT2D eigenvalue weighted by Crippen LogP contribution is -2.29. The molecule has 2 aromatic rings. The summed E-state index contributed by atoms with van der Waals surface area (Å²) in [4.78, 5) is 22.9. The molecule has 2 rings (SSSR count). The third-order valence-corrected chi connectivity index (χ3v) is 4.72. The second-order valence-corrected chi connectivity index (χ2v) is 7.80. The Kier molecular flexibility index (Phi) is 6.94. The van der Waals surface area contributed by atoms with Crippen LogP contribution in [0.2, 0.25) is 0 Å². The number of rotatable bonds is 9. The van der Waals surface area contributed by atoms with Crippen molar-refractivity contribution in [3.05, 3.63) is 41.8 Å². The average molecular weight is 394 g/mol. The molecule has 0 saturated heterocycles. The normalized spacial score (nSPS) is 11.0. The molecule has 10 heteroatoms. The molecule has 0 spiro atoms. The number of nitrogens with zero attached hydrogens (tertiary/aromatic N) is 1. The minimum absolute atomic E-state index is 0.168. The van der Waals surface area contributed by atoms with Crippen LogP contribution in [-0.4, -0.2) is 37.7 Å². The smallest absolute Gasteiger partial charge is 0.233 e. The highest BCUT2D eigenvalue weighted by Crippen LogP contribution is 2.16.